The van der Waals surface area contributed by atoms with Crippen molar-refractivity contribution in [3.05, 3.63) is 90.0 Å². The number of nitrogens with one attached hydrogen (secondary N) is 1. The predicted molar refractivity (Wildman–Crippen MR) is 115 cm³/mol. The molecule has 3 atom stereocenters. The van der Waals surface area contributed by atoms with Crippen LogP contribution in [0.4, 0.5) is 0 Å². The van der Waals surface area contributed by atoms with Gasteiger partial charge < -0.3 is 10.8 Å². The van der Waals surface area contributed by atoms with Crippen LogP contribution in [0.15, 0.2) is 73.1 Å². The largest absolute Gasteiger partial charge is 0.369 e. The lowest BCUT2D eigenvalue weighted by molar-refractivity contribution is -0.765. The van der Waals surface area contributed by atoms with Crippen molar-refractivity contribution in [2.75, 3.05) is 0 Å². The van der Waals surface area contributed by atoms with E-state index < -0.39 is 11.6 Å². The molecule has 1 aliphatic rings. The Balaban J connectivity index is 1.66. The van der Waals surface area contributed by atoms with E-state index in [4.69, 9.17) is 5.73 Å². The zero-order valence-corrected chi connectivity index (χ0v) is 17.4. The summed E-state index contributed by atoms with van der Waals surface area (Å²) >= 11 is 0. The lowest BCUT2D eigenvalue weighted by Crippen LogP contribution is -2.47. The normalized spacial score (nSPS) is 20.2. The van der Waals surface area contributed by atoms with Crippen LogP contribution in [0.2, 0.25) is 0 Å². The molecule has 1 aliphatic carbocycles. The summed E-state index contributed by atoms with van der Waals surface area (Å²) in [6, 6.07) is 19.9. The Kier molecular flexibility index (Phi) is 5.73. The van der Waals surface area contributed by atoms with Crippen LogP contribution in [-0.4, -0.2) is 16.0 Å². The maximum Gasteiger partial charge on any atom is 0.253 e. The van der Waals surface area contributed by atoms with Crippen molar-refractivity contribution in [2.24, 2.45) is 17.6 Å². The van der Waals surface area contributed by atoms with Crippen LogP contribution >= 0.6 is 0 Å². The van der Waals surface area contributed by atoms with Gasteiger partial charge in [0.15, 0.2) is 6.23 Å². The molecule has 0 aliphatic heterocycles. The molecular formula is C25H30N3O2+. The summed E-state index contributed by atoms with van der Waals surface area (Å²) in [5.74, 6) is 1.05. The number of aliphatic hydroxyl groups is 1. The van der Waals surface area contributed by atoms with Gasteiger partial charge in [0.05, 0.1) is 0 Å². The number of hydrogen-bond donors (Lipinski definition) is 3. The van der Waals surface area contributed by atoms with Gasteiger partial charge in [0.25, 0.3) is 5.82 Å². The number of carbonyl (C=O) groups excluding carboxylic acids is 1. The van der Waals surface area contributed by atoms with Crippen molar-refractivity contribution in [2.45, 2.75) is 44.2 Å². The molecule has 0 bridgehead atoms. The molecule has 0 saturated heterocycles. The summed E-state index contributed by atoms with van der Waals surface area (Å²) in [6.07, 6.45) is 6.52. The Morgan fingerprint density at radius 1 is 1.13 bits per heavy atom. The summed E-state index contributed by atoms with van der Waals surface area (Å²) < 4.78 is 1.86. The minimum absolute atomic E-state index is 0.0920. The molecule has 3 aromatic rings. The van der Waals surface area contributed by atoms with Crippen LogP contribution in [0.25, 0.3) is 0 Å². The van der Waals surface area contributed by atoms with Crippen molar-refractivity contribution < 1.29 is 14.5 Å². The van der Waals surface area contributed by atoms with Crippen LogP contribution in [-0.2, 0) is 10.2 Å². The highest BCUT2D eigenvalue weighted by molar-refractivity contribution is 5.91. The van der Waals surface area contributed by atoms with E-state index in [9.17, 15) is 9.90 Å². The van der Waals surface area contributed by atoms with Gasteiger partial charge in [0.2, 0.25) is 5.91 Å². The smallest absolute Gasteiger partial charge is 0.253 e. The molecule has 4 rings (SSSR count). The molecule has 1 amide bonds. The summed E-state index contributed by atoms with van der Waals surface area (Å²) in [4.78, 5) is 16.2. The average Bonchev–Trinajstić information content (AvgIpc) is 3.39. The number of amides is 1. The standard InChI is InChI=1S/C25H29N3O2/c1-18-27-14-15-28(18)23(29)17-19-12-13-22(16-19)25(24(26)30,20-8-4-2-5-9-20)21-10-6-3-7-11-21/h2-11,14-15,19,22-23,29H,12-13,16-17H2,1H3,(H2,26,30)/p+1/t19-,22+,23?/m0/s1. The molecule has 1 saturated carbocycles. The van der Waals surface area contributed by atoms with E-state index >= 15 is 0 Å². The minimum atomic E-state index is -0.862. The Bertz CT molecular complexity index is 944. The van der Waals surface area contributed by atoms with E-state index in [0.29, 0.717) is 12.3 Å². The van der Waals surface area contributed by atoms with Crippen LogP contribution in [0.1, 0.15) is 48.9 Å². The highest BCUT2D eigenvalue weighted by atomic mass is 16.3. The Labute approximate surface area is 177 Å². The first-order chi connectivity index (χ1) is 14.5. The van der Waals surface area contributed by atoms with Gasteiger partial charge in [-0.15, -0.1) is 0 Å². The highest BCUT2D eigenvalue weighted by Gasteiger charge is 2.50. The van der Waals surface area contributed by atoms with E-state index in [2.05, 4.69) is 4.98 Å². The summed E-state index contributed by atoms with van der Waals surface area (Å²) in [5.41, 5.74) is 7.20. The second-order valence-corrected chi connectivity index (χ2v) is 8.45. The number of rotatable bonds is 7. The number of imidazole rings is 1. The quantitative estimate of drug-likeness (QED) is 0.528. The van der Waals surface area contributed by atoms with E-state index in [1.165, 1.54) is 0 Å². The monoisotopic (exact) mass is 404 g/mol. The maximum atomic E-state index is 13.1. The second-order valence-electron chi connectivity index (χ2n) is 8.45. The zero-order chi connectivity index (χ0) is 21.1. The molecular weight excluding hydrogens is 374 g/mol. The topological polar surface area (TPSA) is 83.0 Å². The van der Waals surface area contributed by atoms with Crippen LogP contribution in [0, 0.1) is 18.8 Å². The Hall–Kier alpha value is -2.92. The maximum absolute atomic E-state index is 13.1. The number of benzene rings is 2. The number of carbonyl (C=O) groups is 1. The van der Waals surface area contributed by atoms with Gasteiger partial charge in [-0.05, 0) is 42.2 Å². The highest BCUT2D eigenvalue weighted by Crippen LogP contribution is 2.49. The molecule has 1 heterocycles. The fourth-order valence-corrected chi connectivity index (χ4v) is 5.37. The SMILES string of the molecule is Cc1[nH]cc[n+]1C(O)C[C@H]1CC[C@@H](C(C(N)=O)(c2ccccc2)c2ccccc2)C1. The third kappa shape index (κ3) is 3.54. The third-order valence-corrected chi connectivity index (χ3v) is 6.78. The zero-order valence-electron chi connectivity index (χ0n) is 17.4. The first-order valence-corrected chi connectivity index (χ1v) is 10.7. The van der Waals surface area contributed by atoms with E-state index in [0.717, 1.165) is 36.2 Å². The van der Waals surface area contributed by atoms with Crippen molar-refractivity contribution in [3.8, 4) is 0 Å². The lowest BCUT2D eigenvalue weighted by atomic mass is 9.64. The van der Waals surface area contributed by atoms with Gasteiger partial charge in [-0.25, -0.2) is 9.55 Å². The number of aryl methyl sites for hydroxylation is 1. The third-order valence-electron chi connectivity index (χ3n) is 6.78. The molecule has 0 spiro atoms. The average molecular weight is 405 g/mol. The number of primary amides is 1. The van der Waals surface area contributed by atoms with Crippen LogP contribution < -0.4 is 10.3 Å². The molecule has 5 heteroatoms. The molecule has 5 nitrogen and oxygen atoms in total. The van der Waals surface area contributed by atoms with E-state index in [-0.39, 0.29) is 11.8 Å². The molecule has 2 aromatic carbocycles. The molecule has 4 N–H and O–H groups in total. The van der Waals surface area contributed by atoms with Crippen molar-refractivity contribution in [1.82, 2.24) is 4.98 Å². The van der Waals surface area contributed by atoms with Gasteiger partial charge in [-0.3, -0.25) is 4.79 Å². The molecule has 0 radical (unpaired) electrons. The number of aromatic amines is 1. The van der Waals surface area contributed by atoms with Crippen molar-refractivity contribution in [3.63, 3.8) is 0 Å². The van der Waals surface area contributed by atoms with Crippen molar-refractivity contribution in [1.29, 1.82) is 0 Å². The molecule has 1 fully saturated rings. The van der Waals surface area contributed by atoms with Crippen LogP contribution in [0.5, 0.6) is 0 Å². The minimum Gasteiger partial charge on any atom is -0.369 e. The first kappa shape index (κ1) is 20.4. The number of H-pyrrole nitrogens is 1. The fourth-order valence-electron chi connectivity index (χ4n) is 5.37. The summed E-state index contributed by atoms with van der Waals surface area (Å²) in [5, 5.41) is 10.7. The van der Waals surface area contributed by atoms with E-state index in [1.54, 1.807) is 0 Å². The van der Waals surface area contributed by atoms with Gasteiger partial charge >= 0.3 is 0 Å². The van der Waals surface area contributed by atoms with Gasteiger partial charge in [0.1, 0.15) is 17.8 Å². The summed E-state index contributed by atoms with van der Waals surface area (Å²) in [6.45, 7) is 1.95. The van der Waals surface area contributed by atoms with Crippen LogP contribution in [0.3, 0.4) is 0 Å². The number of aliphatic hydroxyl groups excluding tert-OH is 1. The number of nitrogens with two attached hydrogens (primary N) is 1. The van der Waals surface area contributed by atoms with Crippen molar-refractivity contribution >= 4 is 5.91 Å². The molecule has 30 heavy (non-hydrogen) atoms. The van der Waals surface area contributed by atoms with E-state index in [1.807, 2.05) is 84.5 Å². The molecule has 156 valence electrons. The number of nitrogens with zero attached hydrogens (tertiary/aromatic N) is 1. The molecule has 1 aromatic heterocycles. The Morgan fingerprint density at radius 2 is 1.73 bits per heavy atom. The van der Waals surface area contributed by atoms with Gasteiger partial charge in [0, 0.05) is 13.3 Å². The second kappa shape index (κ2) is 8.44. The number of hydrogen-bond acceptors (Lipinski definition) is 2. The summed E-state index contributed by atoms with van der Waals surface area (Å²) in [7, 11) is 0. The van der Waals surface area contributed by atoms with Gasteiger partial charge in [-0.2, -0.15) is 0 Å². The number of aromatic nitrogens is 2. The Morgan fingerprint density at radius 3 is 2.23 bits per heavy atom. The lowest BCUT2D eigenvalue weighted by Gasteiger charge is -2.38. The van der Waals surface area contributed by atoms with Gasteiger partial charge in [-0.1, -0.05) is 60.7 Å². The molecule has 1 unspecified atom stereocenters. The fraction of sp³-hybridized carbons (Fsp3) is 0.360. The predicted octanol–water partition coefficient (Wildman–Crippen LogP) is 3.38. The first-order valence-electron chi connectivity index (χ1n) is 10.7.